The van der Waals surface area contributed by atoms with Crippen LogP contribution in [0.3, 0.4) is 0 Å². The van der Waals surface area contributed by atoms with Gasteiger partial charge in [-0.3, -0.25) is 4.21 Å². The SMILES string of the molecule is O=C(O)c1ccc(S(=O)CC2CCOCC2)cc1. The molecular weight excluding hydrogens is 252 g/mol. The molecule has 1 aliphatic rings. The van der Waals surface area contributed by atoms with Crippen LogP contribution < -0.4 is 0 Å². The quantitative estimate of drug-likeness (QED) is 0.906. The topological polar surface area (TPSA) is 63.6 Å². The van der Waals surface area contributed by atoms with Gasteiger partial charge in [-0.25, -0.2) is 4.79 Å². The van der Waals surface area contributed by atoms with Crippen molar-refractivity contribution in [2.45, 2.75) is 17.7 Å². The van der Waals surface area contributed by atoms with E-state index >= 15 is 0 Å². The third-order valence-electron chi connectivity index (χ3n) is 3.09. The van der Waals surface area contributed by atoms with Crippen LogP contribution in [0.4, 0.5) is 0 Å². The van der Waals surface area contributed by atoms with Crippen LogP contribution in [-0.2, 0) is 15.5 Å². The lowest BCUT2D eigenvalue weighted by Crippen LogP contribution is -2.21. The Morgan fingerprint density at radius 3 is 2.44 bits per heavy atom. The van der Waals surface area contributed by atoms with E-state index in [0.29, 0.717) is 16.6 Å². The Labute approximate surface area is 108 Å². The van der Waals surface area contributed by atoms with E-state index in [1.54, 1.807) is 12.1 Å². The van der Waals surface area contributed by atoms with E-state index in [4.69, 9.17) is 9.84 Å². The van der Waals surface area contributed by atoms with Crippen LogP contribution in [0.5, 0.6) is 0 Å². The maximum absolute atomic E-state index is 12.1. The van der Waals surface area contributed by atoms with Gasteiger partial charge in [0.15, 0.2) is 0 Å². The Hall–Kier alpha value is -1.20. The van der Waals surface area contributed by atoms with Crippen molar-refractivity contribution in [1.29, 1.82) is 0 Å². The first kappa shape index (κ1) is 13.2. The van der Waals surface area contributed by atoms with Crippen molar-refractivity contribution in [3.05, 3.63) is 29.8 Å². The van der Waals surface area contributed by atoms with Gasteiger partial charge in [0.05, 0.1) is 16.4 Å². The van der Waals surface area contributed by atoms with E-state index < -0.39 is 16.8 Å². The lowest BCUT2D eigenvalue weighted by molar-refractivity contribution is 0.0696. The van der Waals surface area contributed by atoms with Crippen LogP contribution in [0.25, 0.3) is 0 Å². The van der Waals surface area contributed by atoms with Gasteiger partial charge in [0, 0.05) is 23.9 Å². The standard InChI is InChI=1S/C13H16O4S/c14-13(15)11-1-3-12(4-2-11)18(16)9-10-5-7-17-8-6-10/h1-4,10H,5-9H2,(H,14,15). The Balaban J connectivity index is 1.97. The monoisotopic (exact) mass is 268 g/mol. The van der Waals surface area contributed by atoms with Crippen LogP contribution in [0.1, 0.15) is 23.2 Å². The Morgan fingerprint density at radius 1 is 1.28 bits per heavy atom. The van der Waals surface area contributed by atoms with Crippen molar-refractivity contribution in [1.82, 2.24) is 0 Å². The Bertz CT molecular complexity index is 435. The third-order valence-corrected chi connectivity index (χ3v) is 4.66. The van der Waals surface area contributed by atoms with E-state index in [9.17, 15) is 9.00 Å². The Morgan fingerprint density at radius 2 is 1.89 bits per heavy atom. The maximum Gasteiger partial charge on any atom is 0.335 e. The van der Waals surface area contributed by atoms with Crippen LogP contribution >= 0.6 is 0 Å². The van der Waals surface area contributed by atoms with Gasteiger partial charge in [0.25, 0.3) is 0 Å². The largest absolute Gasteiger partial charge is 0.478 e. The van der Waals surface area contributed by atoms with Gasteiger partial charge >= 0.3 is 5.97 Å². The average molecular weight is 268 g/mol. The fourth-order valence-electron chi connectivity index (χ4n) is 1.97. The van der Waals surface area contributed by atoms with Gasteiger partial charge in [0.1, 0.15) is 0 Å². The summed E-state index contributed by atoms with van der Waals surface area (Å²) in [5, 5.41) is 8.79. The van der Waals surface area contributed by atoms with E-state index in [0.717, 1.165) is 26.1 Å². The molecule has 0 amide bonds. The van der Waals surface area contributed by atoms with Gasteiger partial charge in [-0.05, 0) is 43.0 Å². The highest BCUT2D eigenvalue weighted by Gasteiger charge is 2.17. The van der Waals surface area contributed by atoms with Crippen LogP contribution in [0, 0.1) is 5.92 Å². The summed E-state index contributed by atoms with van der Waals surface area (Å²) < 4.78 is 17.4. The molecule has 1 aliphatic heterocycles. The highest BCUT2D eigenvalue weighted by Crippen LogP contribution is 2.19. The van der Waals surface area contributed by atoms with E-state index in [2.05, 4.69) is 0 Å². The minimum atomic E-state index is -1.05. The first-order valence-corrected chi connectivity index (χ1v) is 7.28. The lowest BCUT2D eigenvalue weighted by Gasteiger charge is -2.21. The number of ether oxygens (including phenoxy) is 1. The number of carbonyl (C=O) groups is 1. The second-order valence-electron chi connectivity index (χ2n) is 4.40. The fraction of sp³-hybridized carbons (Fsp3) is 0.462. The van der Waals surface area contributed by atoms with Crippen molar-refractivity contribution in [3.63, 3.8) is 0 Å². The van der Waals surface area contributed by atoms with Gasteiger partial charge in [0.2, 0.25) is 0 Å². The first-order chi connectivity index (χ1) is 8.66. The smallest absolute Gasteiger partial charge is 0.335 e. The van der Waals surface area contributed by atoms with E-state index in [1.807, 2.05) is 0 Å². The number of carboxylic acids is 1. The maximum atomic E-state index is 12.1. The molecule has 0 bridgehead atoms. The molecule has 0 saturated carbocycles. The summed E-state index contributed by atoms with van der Waals surface area (Å²) in [5.74, 6) is 0.117. The molecule has 4 nitrogen and oxygen atoms in total. The van der Waals surface area contributed by atoms with E-state index in [-0.39, 0.29) is 5.56 Å². The number of carboxylic acid groups (broad SMARTS) is 1. The summed E-state index contributed by atoms with van der Waals surface area (Å²) in [7, 11) is -1.05. The molecule has 1 N–H and O–H groups in total. The molecule has 1 aromatic rings. The van der Waals surface area contributed by atoms with Crippen molar-refractivity contribution in [2.24, 2.45) is 5.92 Å². The molecule has 98 valence electrons. The third kappa shape index (κ3) is 3.40. The first-order valence-electron chi connectivity index (χ1n) is 5.96. The molecule has 1 heterocycles. The molecule has 5 heteroatoms. The van der Waals surface area contributed by atoms with Gasteiger partial charge in [-0.1, -0.05) is 0 Å². The lowest BCUT2D eigenvalue weighted by atomic mass is 10.0. The zero-order valence-electron chi connectivity index (χ0n) is 10.0. The predicted molar refractivity (Wildman–Crippen MR) is 68.2 cm³/mol. The Kier molecular flexibility index (Phi) is 4.49. The number of rotatable bonds is 4. The summed E-state index contributed by atoms with van der Waals surface area (Å²) in [6.07, 6.45) is 1.91. The van der Waals surface area contributed by atoms with Gasteiger partial charge in [-0.2, -0.15) is 0 Å². The molecule has 0 radical (unpaired) electrons. The number of aromatic carboxylic acids is 1. The molecular formula is C13H16O4S. The molecule has 0 spiro atoms. The highest BCUT2D eigenvalue weighted by atomic mass is 32.2. The van der Waals surface area contributed by atoms with Crippen LogP contribution in [0.15, 0.2) is 29.2 Å². The minimum absolute atomic E-state index is 0.224. The molecule has 18 heavy (non-hydrogen) atoms. The van der Waals surface area contributed by atoms with E-state index in [1.165, 1.54) is 12.1 Å². The normalized spacial score (nSPS) is 18.4. The fourth-order valence-corrected chi connectivity index (χ4v) is 3.37. The average Bonchev–Trinajstić information content (AvgIpc) is 2.40. The highest BCUT2D eigenvalue weighted by molar-refractivity contribution is 7.85. The summed E-state index contributed by atoms with van der Waals surface area (Å²) >= 11 is 0. The molecule has 1 atom stereocenters. The number of hydrogen-bond donors (Lipinski definition) is 1. The molecule has 0 aliphatic carbocycles. The van der Waals surface area contributed by atoms with Crippen LogP contribution in [0.2, 0.25) is 0 Å². The second-order valence-corrected chi connectivity index (χ2v) is 5.89. The molecule has 1 saturated heterocycles. The van der Waals surface area contributed by atoms with Crippen molar-refractivity contribution in [2.75, 3.05) is 19.0 Å². The van der Waals surface area contributed by atoms with Gasteiger partial charge in [-0.15, -0.1) is 0 Å². The number of benzene rings is 1. The second kappa shape index (κ2) is 6.11. The summed E-state index contributed by atoms with van der Waals surface area (Å²) in [6.45, 7) is 1.50. The van der Waals surface area contributed by atoms with Crippen LogP contribution in [-0.4, -0.2) is 34.3 Å². The van der Waals surface area contributed by atoms with Gasteiger partial charge < -0.3 is 9.84 Å². The van der Waals surface area contributed by atoms with Crippen molar-refractivity contribution in [3.8, 4) is 0 Å². The summed E-state index contributed by atoms with van der Waals surface area (Å²) in [4.78, 5) is 11.4. The summed E-state index contributed by atoms with van der Waals surface area (Å²) in [5.41, 5.74) is 0.224. The molecule has 0 aromatic heterocycles. The zero-order valence-corrected chi connectivity index (χ0v) is 10.8. The summed E-state index contributed by atoms with van der Waals surface area (Å²) in [6, 6.07) is 6.27. The van der Waals surface area contributed by atoms with Crippen molar-refractivity contribution < 1.29 is 18.8 Å². The zero-order chi connectivity index (χ0) is 13.0. The molecule has 1 unspecified atom stereocenters. The minimum Gasteiger partial charge on any atom is -0.478 e. The predicted octanol–water partition coefficient (Wildman–Crippen LogP) is 1.92. The van der Waals surface area contributed by atoms with Crippen molar-refractivity contribution >= 4 is 16.8 Å². The number of hydrogen-bond acceptors (Lipinski definition) is 3. The molecule has 2 rings (SSSR count). The molecule has 1 aromatic carbocycles. The molecule has 1 fully saturated rings.